The SMILES string of the molecule is N#Cc1c(Cl)c(Cl)c(Nc2cccc(C(F)(F)F)c2)c(C#N)c1Cl. The Balaban J connectivity index is 2.60. The Kier molecular flexibility index (Phi) is 5.15. The fourth-order valence-corrected chi connectivity index (χ4v) is 2.69. The number of nitrogens with one attached hydrogen (secondary N) is 1. The number of nitrogens with zero attached hydrogens (tertiary/aromatic N) is 2. The van der Waals surface area contributed by atoms with Gasteiger partial charge in [-0.25, -0.2) is 0 Å². The molecule has 0 bridgehead atoms. The lowest BCUT2D eigenvalue weighted by molar-refractivity contribution is -0.137. The predicted molar refractivity (Wildman–Crippen MR) is 85.6 cm³/mol. The average molecular weight is 391 g/mol. The summed E-state index contributed by atoms with van der Waals surface area (Å²) < 4.78 is 38.3. The number of anilines is 2. The minimum atomic E-state index is -4.53. The first kappa shape index (κ1) is 18.2. The van der Waals surface area contributed by atoms with Crippen LogP contribution in [0.4, 0.5) is 24.5 Å². The molecule has 0 fully saturated rings. The third-order valence-corrected chi connectivity index (χ3v) is 4.23. The summed E-state index contributed by atoms with van der Waals surface area (Å²) in [7, 11) is 0. The van der Waals surface area contributed by atoms with Crippen molar-refractivity contribution in [2.24, 2.45) is 0 Å². The Labute approximate surface area is 149 Å². The Morgan fingerprint density at radius 2 is 1.54 bits per heavy atom. The van der Waals surface area contributed by atoms with E-state index >= 15 is 0 Å². The number of benzene rings is 2. The van der Waals surface area contributed by atoms with Crippen LogP contribution in [0.5, 0.6) is 0 Å². The second-order valence-corrected chi connectivity index (χ2v) is 5.63. The molecule has 3 nitrogen and oxygen atoms in total. The first-order valence-corrected chi connectivity index (χ1v) is 7.29. The molecule has 2 rings (SSSR count). The molecule has 0 amide bonds. The Hall–Kier alpha value is -2.12. The van der Waals surface area contributed by atoms with Gasteiger partial charge in [0.2, 0.25) is 0 Å². The van der Waals surface area contributed by atoms with E-state index in [0.29, 0.717) is 0 Å². The summed E-state index contributed by atoms with van der Waals surface area (Å²) in [5.41, 5.74) is -1.31. The molecule has 24 heavy (non-hydrogen) atoms. The topological polar surface area (TPSA) is 59.6 Å². The first-order valence-electron chi connectivity index (χ1n) is 6.15. The minimum absolute atomic E-state index is 0.0278. The van der Waals surface area contributed by atoms with Crippen molar-refractivity contribution in [1.82, 2.24) is 0 Å². The maximum Gasteiger partial charge on any atom is 0.416 e. The highest BCUT2D eigenvalue weighted by Crippen LogP contribution is 2.42. The molecule has 0 spiro atoms. The highest BCUT2D eigenvalue weighted by Gasteiger charge is 2.30. The van der Waals surface area contributed by atoms with Gasteiger partial charge in [0.25, 0.3) is 0 Å². The molecular formula is C15H5Cl3F3N3. The molecule has 122 valence electrons. The van der Waals surface area contributed by atoms with Gasteiger partial charge in [-0.3, -0.25) is 0 Å². The lowest BCUT2D eigenvalue weighted by Gasteiger charge is -2.15. The fourth-order valence-electron chi connectivity index (χ4n) is 1.90. The highest BCUT2D eigenvalue weighted by molar-refractivity contribution is 6.46. The fraction of sp³-hybridized carbons (Fsp3) is 0.0667. The number of rotatable bonds is 2. The molecule has 0 aliphatic carbocycles. The van der Waals surface area contributed by atoms with Crippen LogP contribution in [-0.2, 0) is 6.18 Å². The van der Waals surface area contributed by atoms with E-state index in [-0.39, 0.29) is 37.6 Å². The Morgan fingerprint density at radius 1 is 0.917 bits per heavy atom. The molecule has 0 aromatic heterocycles. The lowest BCUT2D eigenvalue weighted by Crippen LogP contribution is -2.05. The predicted octanol–water partition coefficient (Wildman–Crippen LogP) is 6.15. The molecule has 0 aliphatic rings. The molecule has 0 atom stereocenters. The first-order chi connectivity index (χ1) is 11.2. The number of hydrogen-bond acceptors (Lipinski definition) is 3. The van der Waals surface area contributed by atoms with Gasteiger partial charge in [0.1, 0.15) is 12.1 Å². The zero-order valence-corrected chi connectivity index (χ0v) is 13.7. The van der Waals surface area contributed by atoms with Crippen LogP contribution < -0.4 is 5.32 Å². The molecule has 0 saturated carbocycles. The maximum absolute atomic E-state index is 12.8. The van der Waals surface area contributed by atoms with Crippen LogP contribution in [0.2, 0.25) is 15.1 Å². The van der Waals surface area contributed by atoms with Gasteiger partial charge in [-0.2, -0.15) is 23.7 Å². The van der Waals surface area contributed by atoms with Crippen LogP contribution >= 0.6 is 34.8 Å². The molecule has 0 heterocycles. The summed E-state index contributed by atoms with van der Waals surface area (Å²) in [5, 5.41) is 20.2. The highest BCUT2D eigenvalue weighted by atomic mass is 35.5. The van der Waals surface area contributed by atoms with Crippen LogP contribution in [0.25, 0.3) is 0 Å². The zero-order valence-electron chi connectivity index (χ0n) is 11.5. The third kappa shape index (κ3) is 3.37. The smallest absolute Gasteiger partial charge is 0.353 e. The minimum Gasteiger partial charge on any atom is -0.353 e. The van der Waals surface area contributed by atoms with E-state index in [1.807, 2.05) is 0 Å². The van der Waals surface area contributed by atoms with Crippen molar-refractivity contribution in [2.45, 2.75) is 6.18 Å². The number of alkyl halides is 3. The second kappa shape index (κ2) is 6.78. The third-order valence-electron chi connectivity index (χ3n) is 3.00. The normalized spacial score (nSPS) is 10.8. The summed E-state index contributed by atoms with van der Waals surface area (Å²) in [4.78, 5) is 0. The van der Waals surface area contributed by atoms with E-state index in [9.17, 15) is 18.4 Å². The van der Waals surface area contributed by atoms with Gasteiger partial charge in [0, 0.05) is 5.69 Å². The summed E-state index contributed by atoms with van der Waals surface area (Å²) >= 11 is 17.9. The van der Waals surface area contributed by atoms with Crippen LogP contribution in [0.15, 0.2) is 24.3 Å². The standard InChI is InChI=1S/C15H5Cl3F3N3/c16-11-9(5-22)12(17)13(18)14(10(11)6-23)24-8-3-1-2-7(4-8)15(19,20)21/h1-4,24H. The monoisotopic (exact) mass is 389 g/mol. The summed E-state index contributed by atoms with van der Waals surface area (Å²) in [5.74, 6) is 0. The van der Waals surface area contributed by atoms with Gasteiger partial charge in [0.05, 0.1) is 37.4 Å². The van der Waals surface area contributed by atoms with Crippen molar-refractivity contribution < 1.29 is 13.2 Å². The van der Waals surface area contributed by atoms with Crippen molar-refractivity contribution in [3.63, 3.8) is 0 Å². The van der Waals surface area contributed by atoms with Crippen molar-refractivity contribution in [2.75, 3.05) is 5.32 Å². The molecule has 0 radical (unpaired) electrons. The number of nitriles is 2. The quantitative estimate of drug-likeness (QED) is 0.625. The van der Waals surface area contributed by atoms with Crippen LogP contribution in [0.1, 0.15) is 16.7 Å². The molecule has 2 aromatic rings. The van der Waals surface area contributed by atoms with Crippen molar-refractivity contribution >= 4 is 46.2 Å². The Bertz CT molecular complexity index is 896. The van der Waals surface area contributed by atoms with E-state index in [4.69, 9.17) is 40.1 Å². The molecule has 0 aliphatic heterocycles. The molecule has 0 saturated heterocycles. The Morgan fingerprint density at radius 3 is 2.08 bits per heavy atom. The maximum atomic E-state index is 12.8. The summed E-state index contributed by atoms with van der Waals surface area (Å²) in [6.07, 6.45) is -4.53. The lowest BCUT2D eigenvalue weighted by atomic mass is 10.1. The van der Waals surface area contributed by atoms with Crippen molar-refractivity contribution in [1.29, 1.82) is 10.5 Å². The summed E-state index contributed by atoms with van der Waals surface area (Å²) in [6.45, 7) is 0. The van der Waals surface area contributed by atoms with Crippen LogP contribution in [0.3, 0.4) is 0 Å². The average Bonchev–Trinajstić information content (AvgIpc) is 2.53. The largest absolute Gasteiger partial charge is 0.416 e. The van der Waals surface area contributed by atoms with E-state index in [1.165, 1.54) is 12.1 Å². The molecule has 9 heteroatoms. The molecule has 0 unspecified atom stereocenters. The van der Waals surface area contributed by atoms with E-state index in [2.05, 4.69) is 5.32 Å². The van der Waals surface area contributed by atoms with Crippen LogP contribution in [-0.4, -0.2) is 0 Å². The van der Waals surface area contributed by atoms with Gasteiger partial charge in [-0.1, -0.05) is 40.9 Å². The van der Waals surface area contributed by atoms with Gasteiger partial charge in [-0.15, -0.1) is 0 Å². The zero-order chi connectivity index (χ0) is 18.1. The van der Waals surface area contributed by atoms with Crippen molar-refractivity contribution in [3.05, 3.63) is 56.0 Å². The summed E-state index contributed by atoms with van der Waals surface area (Å²) in [6, 6.07) is 7.77. The van der Waals surface area contributed by atoms with Gasteiger partial charge >= 0.3 is 6.18 Å². The van der Waals surface area contributed by atoms with E-state index < -0.39 is 11.7 Å². The van der Waals surface area contributed by atoms with Gasteiger partial charge in [0.15, 0.2) is 0 Å². The van der Waals surface area contributed by atoms with E-state index in [0.717, 1.165) is 12.1 Å². The van der Waals surface area contributed by atoms with Crippen LogP contribution in [0, 0.1) is 22.7 Å². The molecule has 2 aromatic carbocycles. The van der Waals surface area contributed by atoms with Gasteiger partial charge in [-0.05, 0) is 18.2 Å². The molecular weight excluding hydrogens is 386 g/mol. The number of halogens is 6. The van der Waals surface area contributed by atoms with E-state index in [1.54, 1.807) is 12.1 Å². The van der Waals surface area contributed by atoms with Gasteiger partial charge < -0.3 is 5.32 Å². The van der Waals surface area contributed by atoms with Crippen molar-refractivity contribution in [3.8, 4) is 12.1 Å². The second-order valence-electron chi connectivity index (χ2n) is 4.49. The molecule has 1 N–H and O–H groups in total. The number of hydrogen-bond donors (Lipinski definition) is 1.